The van der Waals surface area contributed by atoms with Crippen LogP contribution in [0.3, 0.4) is 0 Å². The van der Waals surface area contributed by atoms with Crippen LogP contribution in [0.2, 0.25) is 0 Å². The number of hydrogen-bond donors (Lipinski definition) is 4. The number of ether oxygens (including phenoxy) is 2. The zero-order valence-corrected chi connectivity index (χ0v) is 35.0. The van der Waals surface area contributed by atoms with E-state index in [-0.39, 0.29) is 119 Å². The van der Waals surface area contributed by atoms with Crippen molar-refractivity contribution in [3.63, 3.8) is 0 Å². The van der Waals surface area contributed by atoms with Crippen LogP contribution in [-0.4, -0.2) is 84.9 Å². The Labute approximate surface area is 321 Å². The number of fused-ring (bicyclic) bond motifs is 5. The number of esters is 1. The zero-order chi connectivity index (χ0) is 28.7. The van der Waals surface area contributed by atoms with Crippen molar-refractivity contribution >= 4 is 39.9 Å². The second-order valence-corrected chi connectivity index (χ2v) is 13.7. The van der Waals surface area contributed by atoms with Crippen LogP contribution in [0.25, 0.3) is 0 Å². The van der Waals surface area contributed by atoms with Crippen molar-refractivity contribution in [2.75, 3.05) is 12.9 Å². The van der Waals surface area contributed by atoms with Gasteiger partial charge in [0.1, 0.15) is 23.4 Å². The van der Waals surface area contributed by atoms with Crippen LogP contribution >= 0.6 is 24.0 Å². The van der Waals surface area contributed by atoms with Gasteiger partial charge in [0.2, 0.25) is 0 Å². The first-order valence-electron chi connectivity index (χ1n) is 13.2. The Morgan fingerprint density at radius 1 is 1.12 bits per heavy atom. The van der Waals surface area contributed by atoms with Gasteiger partial charge in [0.05, 0.1) is 28.6 Å². The Morgan fingerprint density at radius 3 is 2.27 bits per heavy atom. The predicted molar refractivity (Wildman–Crippen MR) is 149 cm³/mol. The zero-order valence-electron chi connectivity index (χ0n) is 23.9. The molecular weight excluding hydrogens is 994 g/mol. The minimum atomic E-state index is -1.97. The molecule has 1 saturated heterocycles. The number of Topliss-reactive ketones (excluding diaryl/α,β-unsaturated/α-hetero) is 1. The number of benzene rings is 1. The van der Waals surface area contributed by atoms with E-state index < -0.39 is 70.0 Å². The fourth-order valence-corrected chi connectivity index (χ4v) is 8.74. The Hall–Kier alpha value is 1.22. The molecule has 6 unspecified atom stereocenters. The van der Waals surface area contributed by atoms with Crippen LogP contribution in [0.15, 0.2) is 41.5 Å². The van der Waals surface area contributed by atoms with E-state index in [9.17, 15) is 30.0 Å². The number of carbonyl (C=O) groups excluding carboxylic acids is 2. The molecule has 1 aromatic rings. The molecule has 1 aromatic carbocycles. The van der Waals surface area contributed by atoms with Crippen molar-refractivity contribution in [2.45, 2.75) is 76.2 Å². The molecule has 4 N–H and O–H groups in total. The predicted octanol–water partition coefficient (Wildman–Crippen LogP) is 2.46. The molecule has 8 nitrogen and oxygen atoms in total. The topological polar surface area (TPSA) is 134 Å². The molecule has 0 aromatic heterocycles. The van der Waals surface area contributed by atoms with Gasteiger partial charge >= 0.3 is 5.97 Å². The van der Waals surface area contributed by atoms with Crippen molar-refractivity contribution in [1.82, 2.24) is 0 Å². The van der Waals surface area contributed by atoms with Crippen molar-refractivity contribution in [1.29, 1.82) is 0 Å². The molecule has 9 atom stereocenters. The van der Waals surface area contributed by atoms with E-state index in [1.165, 1.54) is 11.8 Å². The molecule has 41 heavy (non-hydrogen) atoms. The molecular formula is C29H36Ac2O8S2. The van der Waals surface area contributed by atoms with Gasteiger partial charge in [-0.2, -0.15) is 0 Å². The smallest absolute Gasteiger partial charge is 0.338 e. The summed E-state index contributed by atoms with van der Waals surface area (Å²) >= 11 is 7.02. The maximum absolute atomic E-state index is 14.5. The fourth-order valence-electron chi connectivity index (χ4n) is 7.78. The summed E-state index contributed by atoms with van der Waals surface area (Å²) in [5.74, 6) is -3.15. The molecule has 5 rings (SSSR count). The molecule has 4 aliphatic rings. The van der Waals surface area contributed by atoms with E-state index in [1.54, 1.807) is 64.3 Å². The summed E-state index contributed by atoms with van der Waals surface area (Å²) in [6, 6.07) is 8.28. The van der Waals surface area contributed by atoms with E-state index in [4.69, 9.17) is 21.7 Å². The van der Waals surface area contributed by atoms with Crippen molar-refractivity contribution in [2.24, 2.45) is 22.7 Å². The van der Waals surface area contributed by atoms with Gasteiger partial charge in [-0.15, -0.1) is 11.8 Å². The first-order valence-corrected chi connectivity index (χ1v) is 14.8. The van der Waals surface area contributed by atoms with Gasteiger partial charge in [0.15, 0.2) is 5.78 Å². The van der Waals surface area contributed by atoms with Crippen LogP contribution < -0.4 is 0 Å². The Bertz CT molecular complexity index is 1260. The number of aliphatic hydroxyl groups is 4. The van der Waals surface area contributed by atoms with Crippen molar-refractivity contribution in [3.8, 4) is 0 Å². The average Bonchev–Trinajstić information content (AvgIpc) is 2.89. The van der Waals surface area contributed by atoms with Crippen LogP contribution in [0.1, 0.15) is 50.9 Å². The molecule has 12 heteroatoms. The van der Waals surface area contributed by atoms with Crippen LogP contribution in [0.5, 0.6) is 0 Å². The van der Waals surface area contributed by atoms with E-state index in [1.807, 2.05) is 0 Å². The summed E-state index contributed by atoms with van der Waals surface area (Å²) < 4.78 is 12.5. The van der Waals surface area contributed by atoms with E-state index in [2.05, 4.69) is 0 Å². The molecule has 3 fully saturated rings. The molecule has 2 bridgehead atoms. The van der Waals surface area contributed by atoms with Gasteiger partial charge in [-0.25, -0.2) is 4.79 Å². The quantitative estimate of drug-likeness (QED) is 0.204. The maximum atomic E-state index is 14.5. The van der Waals surface area contributed by atoms with Gasteiger partial charge < -0.3 is 29.9 Å². The third kappa shape index (κ3) is 5.32. The first kappa shape index (κ1) is 36.7. The number of hydrogen-bond acceptors (Lipinski definition) is 10. The monoisotopic (exact) mass is 1030 g/mol. The van der Waals surface area contributed by atoms with Crippen LogP contribution in [0.4, 0.5) is 0 Å². The fraction of sp³-hybridized carbons (Fsp3) is 0.621. The summed E-state index contributed by atoms with van der Waals surface area (Å²) in [6.07, 6.45) is -3.24. The Morgan fingerprint density at radius 2 is 1.73 bits per heavy atom. The van der Waals surface area contributed by atoms with Gasteiger partial charge in [-0.05, 0) is 42.9 Å². The molecule has 2 saturated carbocycles. The van der Waals surface area contributed by atoms with Crippen LogP contribution in [-0.2, 0) is 14.3 Å². The maximum Gasteiger partial charge on any atom is 0.338 e. The summed E-state index contributed by atoms with van der Waals surface area (Å²) in [5, 5.41) is 47.6. The summed E-state index contributed by atoms with van der Waals surface area (Å²) in [5.41, 5.74) is -5.66. The minimum Gasteiger partial charge on any atom is -0.455 e. The van der Waals surface area contributed by atoms with Crippen LogP contribution in [0, 0.1) is 111 Å². The number of thiocarbonyl (C=S) groups is 1. The minimum absolute atomic E-state index is 0. The van der Waals surface area contributed by atoms with Crippen molar-refractivity contribution < 1.29 is 128 Å². The molecule has 0 spiro atoms. The second kappa shape index (κ2) is 12.8. The third-order valence-electron chi connectivity index (χ3n) is 10.2. The number of rotatable bonds is 3. The Kier molecular flexibility index (Phi) is 11.4. The van der Waals surface area contributed by atoms with E-state index >= 15 is 0 Å². The van der Waals surface area contributed by atoms with Gasteiger partial charge in [0.25, 0.3) is 0 Å². The van der Waals surface area contributed by atoms with E-state index in [0.717, 1.165) is 0 Å². The third-order valence-corrected chi connectivity index (χ3v) is 11.6. The largest absolute Gasteiger partial charge is 0.455 e. The number of carbonyl (C=O) groups is 2. The molecule has 2 radical (unpaired) electrons. The van der Waals surface area contributed by atoms with E-state index in [0.29, 0.717) is 9.77 Å². The van der Waals surface area contributed by atoms with Gasteiger partial charge in [0, 0.05) is 117 Å². The standard InChI is InChI=1S/C29H36O8S2.2Ac/c1-14-17(30)12-29(35)23(37-24(33)15-9-7-6-8-10-15)21-27(4,22(32)20(31)19(14)26(29,2)3)16(25(38)39-5)11-18-28(21,34)13-36-18;;/h6-10,16-18,20-21,23,30-31,34-35H,11-13H2,1-5H3;;/t16-,17?,18?,20?,21?,23?,27-,28+,29?;;/m1../s1. The number of ketones is 1. The summed E-state index contributed by atoms with van der Waals surface area (Å²) in [6.45, 7) is 6.49. The number of thioether (sulfide) groups is 1. The van der Waals surface area contributed by atoms with Crippen molar-refractivity contribution in [3.05, 3.63) is 47.0 Å². The van der Waals surface area contributed by atoms with Gasteiger partial charge in [-0.1, -0.05) is 51.2 Å². The summed E-state index contributed by atoms with van der Waals surface area (Å²) in [4.78, 5) is 28.1. The molecule has 3 aliphatic carbocycles. The molecule has 218 valence electrons. The SMILES string of the molecule is CSC(=S)[C@H]1CC2OC[C@@]2(O)C2C(OC(=O)c3ccccc3)C3(O)CC(O)C(C)=C(C(O)C(=O)[C@@]21C)C3(C)C.[Ac].[Ac]. The first-order chi connectivity index (χ1) is 18.2. The van der Waals surface area contributed by atoms with Gasteiger partial charge in [-0.3, -0.25) is 4.79 Å². The molecule has 1 aliphatic heterocycles. The normalized spacial score (nSPS) is 40.8. The Balaban J connectivity index is 0.00000231. The number of aliphatic hydroxyl groups excluding tert-OH is 2. The average molecular weight is 1030 g/mol. The second-order valence-electron chi connectivity index (χ2n) is 12.2. The molecule has 0 amide bonds. The molecule has 1 heterocycles. The summed E-state index contributed by atoms with van der Waals surface area (Å²) in [7, 11) is 0.